The van der Waals surface area contributed by atoms with Gasteiger partial charge in [0.1, 0.15) is 12.4 Å². The Balaban J connectivity index is 1.65. The molecule has 1 aromatic rings. The Bertz CT molecular complexity index is 433. The number of nitriles is 1. The van der Waals surface area contributed by atoms with Crippen LogP contribution in [0, 0.1) is 11.3 Å². The topological polar surface area (TPSA) is 45.5 Å². The predicted molar refractivity (Wildman–Crippen MR) is 77.7 cm³/mol. The third-order valence-electron chi connectivity index (χ3n) is 3.49. The zero-order valence-corrected chi connectivity index (χ0v) is 12.0. The molecule has 1 fully saturated rings. The fourth-order valence-electron chi connectivity index (χ4n) is 2.34. The number of hydrogen-bond donors (Lipinski definition) is 0. The van der Waals surface area contributed by atoms with E-state index in [1.807, 2.05) is 24.3 Å². The Labute approximate surface area is 120 Å². The van der Waals surface area contributed by atoms with Gasteiger partial charge in [0.25, 0.3) is 0 Å². The SMILES string of the molecule is CN(CCOc1ccc(CC#N)cc1)CC1CCCO1. The highest BCUT2D eigenvalue weighted by atomic mass is 16.5. The second kappa shape index (κ2) is 7.88. The highest BCUT2D eigenvalue weighted by molar-refractivity contribution is 5.28. The van der Waals surface area contributed by atoms with Crippen molar-refractivity contribution in [3.05, 3.63) is 29.8 Å². The van der Waals surface area contributed by atoms with E-state index in [1.54, 1.807) is 0 Å². The van der Waals surface area contributed by atoms with Gasteiger partial charge >= 0.3 is 0 Å². The monoisotopic (exact) mass is 274 g/mol. The van der Waals surface area contributed by atoms with Gasteiger partial charge in [-0.25, -0.2) is 0 Å². The third-order valence-corrected chi connectivity index (χ3v) is 3.49. The fraction of sp³-hybridized carbons (Fsp3) is 0.562. The molecule has 1 heterocycles. The lowest BCUT2D eigenvalue weighted by atomic mass is 10.2. The highest BCUT2D eigenvalue weighted by Gasteiger charge is 2.16. The van der Waals surface area contributed by atoms with Gasteiger partial charge in [-0.15, -0.1) is 0 Å². The normalized spacial score (nSPS) is 18.1. The average molecular weight is 274 g/mol. The maximum Gasteiger partial charge on any atom is 0.119 e. The van der Waals surface area contributed by atoms with Crippen molar-refractivity contribution in [1.29, 1.82) is 5.26 Å². The first kappa shape index (κ1) is 14.8. The summed E-state index contributed by atoms with van der Waals surface area (Å²) >= 11 is 0. The molecule has 4 heteroatoms. The number of rotatable bonds is 7. The summed E-state index contributed by atoms with van der Waals surface area (Å²) in [6, 6.07) is 9.86. The van der Waals surface area contributed by atoms with Crippen LogP contribution in [0.5, 0.6) is 5.75 Å². The number of likely N-dealkylation sites (N-methyl/N-ethyl adjacent to an activating group) is 1. The van der Waals surface area contributed by atoms with Crippen molar-refractivity contribution in [3.8, 4) is 11.8 Å². The van der Waals surface area contributed by atoms with Crippen LogP contribution in [0.3, 0.4) is 0 Å². The lowest BCUT2D eigenvalue weighted by molar-refractivity contribution is 0.0771. The van der Waals surface area contributed by atoms with Gasteiger partial charge in [-0.2, -0.15) is 5.26 Å². The molecule has 2 rings (SSSR count). The van der Waals surface area contributed by atoms with Crippen LogP contribution in [0.1, 0.15) is 18.4 Å². The van der Waals surface area contributed by atoms with Gasteiger partial charge in [0, 0.05) is 19.7 Å². The van der Waals surface area contributed by atoms with E-state index in [0.717, 1.165) is 31.0 Å². The Morgan fingerprint density at radius 1 is 1.40 bits per heavy atom. The van der Waals surface area contributed by atoms with Crippen molar-refractivity contribution in [2.45, 2.75) is 25.4 Å². The van der Waals surface area contributed by atoms with Crippen LogP contribution in [0.2, 0.25) is 0 Å². The number of ether oxygens (including phenoxy) is 2. The molecule has 0 bridgehead atoms. The van der Waals surface area contributed by atoms with Crippen LogP contribution in [0.4, 0.5) is 0 Å². The number of hydrogen-bond acceptors (Lipinski definition) is 4. The summed E-state index contributed by atoms with van der Waals surface area (Å²) in [7, 11) is 2.10. The molecule has 0 spiro atoms. The van der Waals surface area contributed by atoms with Gasteiger partial charge in [-0.05, 0) is 37.6 Å². The first-order valence-corrected chi connectivity index (χ1v) is 7.17. The van der Waals surface area contributed by atoms with Crippen molar-refractivity contribution >= 4 is 0 Å². The molecule has 1 atom stereocenters. The quantitative estimate of drug-likeness (QED) is 0.765. The summed E-state index contributed by atoms with van der Waals surface area (Å²) in [4.78, 5) is 2.25. The minimum atomic E-state index is 0.394. The molecule has 1 aromatic carbocycles. The lowest BCUT2D eigenvalue weighted by Crippen LogP contribution is -2.32. The van der Waals surface area contributed by atoms with Crippen molar-refractivity contribution in [2.24, 2.45) is 0 Å². The molecule has 1 saturated heterocycles. The fourth-order valence-corrected chi connectivity index (χ4v) is 2.34. The molecular formula is C16H22N2O2. The van der Waals surface area contributed by atoms with Crippen LogP contribution >= 0.6 is 0 Å². The van der Waals surface area contributed by atoms with E-state index in [-0.39, 0.29) is 0 Å². The van der Waals surface area contributed by atoms with E-state index in [2.05, 4.69) is 18.0 Å². The largest absolute Gasteiger partial charge is 0.492 e. The molecular weight excluding hydrogens is 252 g/mol. The molecule has 4 nitrogen and oxygen atoms in total. The van der Waals surface area contributed by atoms with E-state index in [4.69, 9.17) is 14.7 Å². The Hall–Kier alpha value is -1.57. The smallest absolute Gasteiger partial charge is 0.119 e. The molecule has 1 aliphatic heterocycles. The molecule has 0 amide bonds. The first-order chi connectivity index (χ1) is 9.78. The van der Waals surface area contributed by atoms with Crippen LogP contribution in [0.25, 0.3) is 0 Å². The Kier molecular flexibility index (Phi) is 5.85. The second-order valence-corrected chi connectivity index (χ2v) is 5.22. The molecule has 1 unspecified atom stereocenters. The predicted octanol–water partition coefficient (Wildman–Crippen LogP) is 2.24. The number of nitrogens with zero attached hydrogens (tertiary/aromatic N) is 2. The maximum atomic E-state index is 8.61. The maximum absolute atomic E-state index is 8.61. The van der Waals surface area contributed by atoms with Crippen molar-refractivity contribution < 1.29 is 9.47 Å². The van der Waals surface area contributed by atoms with Gasteiger partial charge in [-0.3, -0.25) is 0 Å². The average Bonchev–Trinajstić information content (AvgIpc) is 2.94. The minimum absolute atomic E-state index is 0.394. The van der Waals surface area contributed by atoms with Crippen molar-refractivity contribution in [1.82, 2.24) is 4.90 Å². The summed E-state index contributed by atoms with van der Waals surface area (Å²) < 4.78 is 11.3. The molecule has 0 aliphatic carbocycles. The molecule has 20 heavy (non-hydrogen) atoms. The van der Waals surface area contributed by atoms with Crippen LogP contribution in [0.15, 0.2) is 24.3 Å². The zero-order chi connectivity index (χ0) is 14.2. The Morgan fingerprint density at radius 2 is 2.20 bits per heavy atom. The van der Waals surface area contributed by atoms with Crippen LogP contribution < -0.4 is 4.74 Å². The van der Waals surface area contributed by atoms with E-state index in [0.29, 0.717) is 19.1 Å². The molecule has 0 radical (unpaired) electrons. The van der Waals surface area contributed by atoms with E-state index >= 15 is 0 Å². The Morgan fingerprint density at radius 3 is 2.85 bits per heavy atom. The second-order valence-electron chi connectivity index (χ2n) is 5.22. The van der Waals surface area contributed by atoms with E-state index in [1.165, 1.54) is 12.8 Å². The zero-order valence-electron chi connectivity index (χ0n) is 12.0. The summed E-state index contributed by atoms with van der Waals surface area (Å²) in [6.45, 7) is 3.44. The van der Waals surface area contributed by atoms with Crippen molar-refractivity contribution in [3.63, 3.8) is 0 Å². The molecule has 0 saturated carbocycles. The molecule has 0 aromatic heterocycles. The molecule has 108 valence electrons. The van der Waals surface area contributed by atoms with Gasteiger partial charge in [0.2, 0.25) is 0 Å². The molecule has 1 aliphatic rings. The summed E-state index contributed by atoms with van der Waals surface area (Å²) in [5.74, 6) is 0.859. The van der Waals surface area contributed by atoms with Gasteiger partial charge in [0.15, 0.2) is 0 Å². The standard InChI is InChI=1S/C16H22N2O2/c1-18(13-16-3-2-11-19-16)10-12-20-15-6-4-14(5-7-15)8-9-17/h4-7,16H,2-3,8,10-13H2,1H3. The summed E-state index contributed by atoms with van der Waals surface area (Å²) in [6.07, 6.45) is 3.20. The summed E-state index contributed by atoms with van der Waals surface area (Å²) in [5.41, 5.74) is 1.02. The van der Waals surface area contributed by atoms with Crippen LogP contribution in [-0.4, -0.2) is 44.4 Å². The number of benzene rings is 1. The third kappa shape index (κ3) is 4.84. The van der Waals surface area contributed by atoms with E-state index in [9.17, 15) is 0 Å². The van der Waals surface area contributed by atoms with Gasteiger partial charge < -0.3 is 14.4 Å². The highest BCUT2D eigenvalue weighted by Crippen LogP contribution is 2.14. The lowest BCUT2D eigenvalue weighted by Gasteiger charge is -2.20. The summed E-state index contributed by atoms with van der Waals surface area (Å²) in [5, 5.41) is 8.61. The molecule has 0 N–H and O–H groups in total. The van der Waals surface area contributed by atoms with Gasteiger partial charge in [-0.1, -0.05) is 12.1 Å². The minimum Gasteiger partial charge on any atom is -0.492 e. The first-order valence-electron chi connectivity index (χ1n) is 7.17. The van der Waals surface area contributed by atoms with Crippen molar-refractivity contribution in [2.75, 3.05) is 33.4 Å². The van der Waals surface area contributed by atoms with Gasteiger partial charge in [0.05, 0.1) is 18.6 Å². The van der Waals surface area contributed by atoms with Crippen LogP contribution in [-0.2, 0) is 11.2 Å². The van der Waals surface area contributed by atoms with E-state index < -0.39 is 0 Å².